The van der Waals surface area contributed by atoms with Crippen LogP contribution in [0.2, 0.25) is 0 Å². The molecule has 56 heavy (non-hydrogen) atoms. The first-order chi connectivity index (χ1) is 27.7. The fourth-order valence-electron chi connectivity index (χ4n) is 7.84. The van der Waals surface area contributed by atoms with Crippen molar-refractivity contribution in [1.82, 2.24) is 15.0 Å². The second kappa shape index (κ2) is 13.0. The molecule has 5 nitrogen and oxygen atoms in total. The van der Waals surface area contributed by atoms with Gasteiger partial charge in [0.2, 0.25) is 0 Å². The van der Waals surface area contributed by atoms with Crippen LogP contribution in [0.5, 0.6) is 0 Å². The summed E-state index contributed by atoms with van der Waals surface area (Å²) >= 11 is 0. The summed E-state index contributed by atoms with van der Waals surface area (Å²) in [5.74, 6) is 0.644. The van der Waals surface area contributed by atoms with E-state index in [0.717, 1.165) is 105 Å². The molecule has 0 saturated carbocycles. The van der Waals surface area contributed by atoms with Crippen LogP contribution in [0.3, 0.4) is 0 Å². The zero-order valence-electron chi connectivity index (χ0n) is 30.1. The Morgan fingerprint density at radius 1 is 0.321 bits per heavy atom. The van der Waals surface area contributed by atoms with Gasteiger partial charge >= 0.3 is 0 Å². The Labute approximate surface area is 322 Å². The lowest BCUT2D eigenvalue weighted by Crippen LogP contribution is -1.98. The number of hydrogen-bond donors (Lipinski definition) is 0. The van der Waals surface area contributed by atoms with Gasteiger partial charge in [-0.15, -0.1) is 0 Å². The molecule has 0 unspecified atom stereocenters. The Bertz CT molecular complexity index is 3120. The highest BCUT2D eigenvalue weighted by atomic mass is 16.3. The Kier molecular flexibility index (Phi) is 7.42. The maximum absolute atomic E-state index is 6.22. The third kappa shape index (κ3) is 5.53. The van der Waals surface area contributed by atoms with Crippen LogP contribution in [0.15, 0.2) is 197 Å². The monoisotopic (exact) mass is 717 g/mol. The average Bonchev–Trinajstić information content (AvgIpc) is 3.84. The van der Waals surface area contributed by atoms with E-state index < -0.39 is 0 Å². The first-order valence-electron chi connectivity index (χ1n) is 18.6. The predicted molar refractivity (Wildman–Crippen MR) is 227 cm³/mol. The molecule has 0 aliphatic carbocycles. The number of benzene rings is 7. The minimum Gasteiger partial charge on any atom is -0.456 e. The van der Waals surface area contributed by atoms with Gasteiger partial charge in [0.05, 0.1) is 11.4 Å². The molecule has 4 aromatic heterocycles. The lowest BCUT2D eigenvalue weighted by molar-refractivity contribution is 0.668. The van der Waals surface area contributed by atoms with Crippen LogP contribution in [-0.2, 0) is 0 Å². The van der Waals surface area contributed by atoms with Gasteiger partial charge in [0.25, 0.3) is 0 Å². The van der Waals surface area contributed by atoms with Crippen molar-refractivity contribution in [1.29, 1.82) is 0 Å². The van der Waals surface area contributed by atoms with Crippen molar-refractivity contribution < 1.29 is 8.83 Å². The molecule has 5 heteroatoms. The van der Waals surface area contributed by atoms with Gasteiger partial charge in [-0.1, -0.05) is 109 Å². The molecule has 0 fully saturated rings. The summed E-state index contributed by atoms with van der Waals surface area (Å²) in [6.45, 7) is 0. The SMILES string of the molecule is c1ccc(-c2cc(-c3cc(-c4ccc5oc6ccccc6c5c4)cc(-c4ccc5oc6ccccc6c5c4)c3)nc(-c3ccccc3-c3cccnc3)n2)cc1. The second-order valence-electron chi connectivity index (χ2n) is 14.0. The molecule has 0 saturated heterocycles. The lowest BCUT2D eigenvalue weighted by atomic mass is 9.93. The minimum atomic E-state index is 0.644. The number of furan rings is 2. The third-order valence-electron chi connectivity index (χ3n) is 10.6. The summed E-state index contributed by atoms with van der Waals surface area (Å²) in [6, 6.07) is 60.8. The Balaban J connectivity index is 1.15. The predicted octanol–water partition coefficient (Wildman–Crippen LogP) is 13.7. The van der Waals surface area contributed by atoms with Crippen LogP contribution in [0.4, 0.5) is 0 Å². The standard InChI is InChI=1S/C51H31N3O2/c1-2-11-32(12-3-1)45-30-46(54-51(53-45)42-17-5-4-14-39(42)35-13-10-24-52-31-35)38-26-36(33-20-22-49-43(28-33)40-15-6-8-18-47(40)55-49)25-37(27-38)34-21-23-50-44(29-34)41-16-7-9-19-48(41)56-50/h1-31H. The zero-order chi connectivity index (χ0) is 37.0. The molecular weight excluding hydrogens is 687 g/mol. The summed E-state index contributed by atoms with van der Waals surface area (Å²) in [5, 5.41) is 4.36. The maximum atomic E-state index is 6.22. The van der Waals surface area contributed by atoms with Gasteiger partial charge in [0, 0.05) is 56.2 Å². The molecule has 0 radical (unpaired) electrons. The van der Waals surface area contributed by atoms with E-state index in [-0.39, 0.29) is 0 Å². The highest BCUT2D eigenvalue weighted by Gasteiger charge is 2.18. The molecule has 0 amide bonds. The average molecular weight is 718 g/mol. The van der Waals surface area contributed by atoms with E-state index in [1.165, 1.54) is 0 Å². The largest absolute Gasteiger partial charge is 0.456 e. The van der Waals surface area contributed by atoms with Gasteiger partial charge in [-0.05, 0) is 94.5 Å². The summed E-state index contributed by atoms with van der Waals surface area (Å²) in [7, 11) is 0. The molecule has 11 rings (SSSR count). The van der Waals surface area contributed by atoms with Gasteiger partial charge in [-0.25, -0.2) is 9.97 Å². The Morgan fingerprint density at radius 2 is 0.839 bits per heavy atom. The van der Waals surface area contributed by atoms with Crippen molar-refractivity contribution in [3.8, 4) is 67.3 Å². The fraction of sp³-hybridized carbons (Fsp3) is 0. The van der Waals surface area contributed by atoms with E-state index in [9.17, 15) is 0 Å². The molecule has 11 aromatic rings. The molecule has 262 valence electrons. The molecule has 7 aromatic carbocycles. The molecule has 0 spiro atoms. The van der Waals surface area contributed by atoms with E-state index in [2.05, 4.69) is 120 Å². The highest BCUT2D eigenvalue weighted by Crippen LogP contribution is 2.40. The molecule has 0 aliphatic rings. The molecular formula is C51H31N3O2. The highest BCUT2D eigenvalue weighted by molar-refractivity contribution is 6.07. The molecule has 0 N–H and O–H groups in total. The number of pyridine rings is 1. The van der Waals surface area contributed by atoms with E-state index in [4.69, 9.17) is 18.8 Å². The van der Waals surface area contributed by atoms with Gasteiger partial charge in [-0.2, -0.15) is 0 Å². The first kappa shape index (κ1) is 31.9. The van der Waals surface area contributed by atoms with Gasteiger partial charge in [-0.3, -0.25) is 4.98 Å². The van der Waals surface area contributed by atoms with Crippen molar-refractivity contribution in [3.63, 3.8) is 0 Å². The summed E-state index contributed by atoms with van der Waals surface area (Å²) < 4.78 is 12.4. The smallest absolute Gasteiger partial charge is 0.161 e. The van der Waals surface area contributed by atoms with Gasteiger partial charge in [0.15, 0.2) is 5.82 Å². The number of aromatic nitrogens is 3. The topological polar surface area (TPSA) is 65.0 Å². The van der Waals surface area contributed by atoms with Gasteiger partial charge in [0.1, 0.15) is 22.3 Å². The Morgan fingerprint density at radius 3 is 1.46 bits per heavy atom. The number of rotatable bonds is 6. The van der Waals surface area contributed by atoms with Crippen LogP contribution < -0.4 is 0 Å². The summed E-state index contributed by atoms with van der Waals surface area (Å²) in [5.41, 5.74) is 14.4. The third-order valence-corrected chi connectivity index (χ3v) is 10.6. The molecule has 4 heterocycles. The molecule has 0 aliphatic heterocycles. The van der Waals surface area contributed by atoms with Gasteiger partial charge < -0.3 is 8.83 Å². The first-order valence-corrected chi connectivity index (χ1v) is 18.6. The van der Waals surface area contributed by atoms with Crippen molar-refractivity contribution in [2.24, 2.45) is 0 Å². The number of hydrogen-bond acceptors (Lipinski definition) is 5. The number of para-hydroxylation sites is 2. The van der Waals surface area contributed by atoms with Crippen LogP contribution >= 0.6 is 0 Å². The number of fused-ring (bicyclic) bond motifs is 6. The zero-order valence-corrected chi connectivity index (χ0v) is 30.1. The maximum Gasteiger partial charge on any atom is 0.161 e. The van der Waals surface area contributed by atoms with Crippen molar-refractivity contribution >= 4 is 43.9 Å². The van der Waals surface area contributed by atoms with Crippen molar-refractivity contribution in [3.05, 3.63) is 188 Å². The van der Waals surface area contributed by atoms with E-state index in [1.54, 1.807) is 6.20 Å². The molecule has 0 bridgehead atoms. The minimum absolute atomic E-state index is 0.644. The Hall–Kier alpha value is -7.63. The summed E-state index contributed by atoms with van der Waals surface area (Å²) in [6.07, 6.45) is 3.68. The van der Waals surface area contributed by atoms with Crippen LogP contribution in [-0.4, -0.2) is 15.0 Å². The van der Waals surface area contributed by atoms with E-state index in [0.29, 0.717) is 5.82 Å². The second-order valence-corrected chi connectivity index (χ2v) is 14.0. The molecule has 0 atom stereocenters. The van der Waals surface area contributed by atoms with Crippen LogP contribution in [0.25, 0.3) is 111 Å². The van der Waals surface area contributed by atoms with E-state index >= 15 is 0 Å². The van der Waals surface area contributed by atoms with Crippen LogP contribution in [0, 0.1) is 0 Å². The van der Waals surface area contributed by atoms with E-state index in [1.807, 2.05) is 66.9 Å². The number of nitrogens with zero attached hydrogens (tertiary/aromatic N) is 3. The lowest BCUT2D eigenvalue weighted by Gasteiger charge is -2.15. The van der Waals surface area contributed by atoms with Crippen molar-refractivity contribution in [2.45, 2.75) is 0 Å². The van der Waals surface area contributed by atoms with Crippen LogP contribution in [0.1, 0.15) is 0 Å². The fourth-order valence-corrected chi connectivity index (χ4v) is 7.84. The van der Waals surface area contributed by atoms with Crippen molar-refractivity contribution in [2.75, 3.05) is 0 Å². The quantitative estimate of drug-likeness (QED) is 0.171. The normalized spacial score (nSPS) is 11.6. The summed E-state index contributed by atoms with van der Waals surface area (Å²) in [4.78, 5) is 15.0.